The number of likely N-dealkylation sites (tertiary alicyclic amines) is 1. The summed E-state index contributed by atoms with van der Waals surface area (Å²) < 4.78 is 27.9. The number of fused-ring (bicyclic) bond motifs is 2. The van der Waals surface area contributed by atoms with Gasteiger partial charge in [-0.3, -0.25) is 4.79 Å². The standard InChI is InChI=1S/C26H27N3O3S/c30-26(11-14-28-33(31,32)22-10-9-19-5-1-2-6-21(19)17-22)29-15-12-20(13-16-29)24-18-27-25-8-4-3-7-23(24)25/h1-10,17-18,20,27-28H,11-16H2. The van der Waals surface area contributed by atoms with E-state index in [0.29, 0.717) is 19.0 Å². The van der Waals surface area contributed by atoms with Crippen LogP contribution >= 0.6 is 0 Å². The fraction of sp³-hybridized carbons (Fsp3) is 0.269. The molecule has 0 spiro atoms. The van der Waals surface area contributed by atoms with Crippen LogP contribution in [0.25, 0.3) is 21.7 Å². The smallest absolute Gasteiger partial charge is 0.240 e. The number of carbonyl (C=O) groups excluding carboxylic acids is 1. The zero-order valence-corrected chi connectivity index (χ0v) is 19.1. The summed E-state index contributed by atoms with van der Waals surface area (Å²) >= 11 is 0. The van der Waals surface area contributed by atoms with Crippen molar-refractivity contribution in [2.24, 2.45) is 0 Å². The number of amides is 1. The van der Waals surface area contributed by atoms with Crippen molar-refractivity contribution in [1.82, 2.24) is 14.6 Å². The molecule has 1 fully saturated rings. The number of para-hydroxylation sites is 1. The van der Waals surface area contributed by atoms with Crippen molar-refractivity contribution in [2.45, 2.75) is 30.1 Å². The highest BCUT2D eigenvalue weighted by Crippen LogP contribution is 2.33. The van der Waals surface area contributed by atoms with Gasteiger partial charge in [-0.15, -0.1) is 0 Å². The second-order valence-corrected chi connectivity index (χ2v) is 10.4. The van der Waals surface area contributed by atoms with E-state index < -0.39 is 10.0 Å². The summed E-state index contributed by atoms with van der Waals surface area (Å²) in [7, 11) is -3.66. The van der Waals surface area contributed by atoms with Gasteiger partial charge in [0.2, 0.25) is 15.9 Å². The maximum absolute atomic E-state index is 12.7. The van der Waals surface area contributed by atoms with Crippen LogP contribution in [-0.4, -0.2) is 43.8 Å². The number of benzene rings is 3. The highest BCUT2D eigenvalue weighted by Gasteiger charge is 2.25. The van der Waals surface area contributed by atoms with Crippen LogP contribution in [0.4, 0.5) is 0 Å². The largest absolute Gasteiger partial charge is 0.361 e. The summed E-state index contributed by atoms with van der Waals surface area (Å²) in [6.07, 6.45) is 4.08. The summed E-state index contributed by atoms with van der Waals surface area (Å²) in [5, 5.41) is 3.11. The molecule has 0 bridgehead atoms. The number of H-pyrrole nitrogens is 1. The van der Waals surface area contributed by atoms with Crippen LogP contribution in [0.5, 0.6) is 0 Å². The van der Waals surface area contributed by atoms with Gasteiger partial charge in [-0.2, -0.15) is 0 Å². The number of aromatic nitrogens is 1. The molecule has 5 rings (SSSR count). The first kappa shape index (κ1) is 21.7. The lowest BCUT2D eigenvalue weighted by atomic mass is 9.89. The van der Waals surface area contributed by atoms with Crippen LogP contribution in [0.2, 0.25) is 0 Å². The van der Waals surface area contributed by atoms with Gasteiger partial charge in [0, 0.05) is 43.2 Å². The molecule has 170 valence electrons. The summed E-state index contributed by atoms with van der Waals surface area (Å²) in [6.45, 7) is 1.48. The van der Waals surface area contributed by atoms with E-state index >= 15 is 0 Å². The molecule has 1 saturated heterocycles. The first-order valence-electron chi connectivity index (χ1n) is 11.3. The van der Waals surface area contributed by atoms with E-state index in [9.17, 15) is 13.2 Å². The molecular weight excluding hydrogens is 434 g/mol. The van der Waals surface area contributed by atoms with Gasteiger partial charge in [-0.25, -0.2) is 13.1 Å². The molecule has 0 atom stereocenters. The van der Waals surface area contributed by atoms with Crippen molar-refractivity contribution >= 4 is 37.6 Å². The maximum Gasteiger partial charge on any atom is 0.240 e. The van der Waals surface area contributed by atoms with Crippen LogP contribution in [-0.2, 0) is 14.8 Å². The van der Waals surface area contributed by atoms with Crippen molar-refractivity contribution in [2.75, 3.05) is 19.6 Å². The van der Waals surface area contributed by atoms with E-state index in [0.717, 1.165) is 29.1 Å². The Morgan fingerprint density at radius 3 is 2.52 bits per heavy atom. The highest BCUT2D eigenvalue weighted by molar-refractivity contribution is 7.89. The third-order valence-corrected chi connectivity index (χ3v) is 8.03. The van der Waals surface area contributed by atoms with Gasteiger partial charge >= 0.3 is 0 Å². The lowest BCUT2D eigenvalue weighted by Crippen LogP contribution is -2.39. The Morgan fingerprint density at radius 1 is 0.970 bits per heavy atom. The Labute approximate surface area is 193 Å². The summed E-state index contributed by atoms with van der Waals surface area (Å²) in [6, 6.07) is 21.0. The monoisotopic (exact) mass is 461 g/mol. The Morgan fingerprint density at radius 2 is 1.70 bits per heavy atom. The average Bonchev–Trinajstić information content (AvgIpc) is 3.28. The number of rotatable bonds is 6. The van der Waals surface area contributed by atoms with E-state index in [2.05, 4.69) is 34.1 Å². The second-order valence-electron chi connectivity index (χ2n) is 8.60. The molecular formula is C26H27N3O3S. The summed E-state index contributed by atoms with van der Waals surface area (Å²) in [5.74, 6) is 0.421. The van der Waals surface area contributed by atoms with Gasteiger partial charge in [0.05, 0.1) is 4.90 Å². The lowest BCUT2D eigenvalue weighted by molar-refractivity contribution is -0.132. The molecule has 7 heteroatoms. The van der Waals surface area contributed by atoms with Gasteiger partial charge in [0.1, 0.15) is 0 Å². The molecule has 1 aromatic heterocycles. The molecule has 2 heterocycles. The van der Waals surface area contributed by atoms with Crippen LogP contribution in [0, 0.1) is 0 Å². The number of carbonyl (C=O) groups is 1. The molecule has 2 N–H and O–H groups in total. The number of nitrogens with zero attached hydrogens (tertiary/aromatic N) is 1. The second kappa shape index (κ2) is 9.00. The number of aromatic amines is 1. The Bertz CT molecular complexity index is 1400. The highest BCUT2D eigenvalue weighted by atomic mass is 32.2. The molecule has 4 aromatic rings. The number of nitrogens with one attached hydrogen (secondary N) is 2. The zero-order chi connectivity index (χ0) is 22.8. The minimum Gasteiger partial charge on any atom is -0.361 e. The normalized spacial score (nSPS) is 15.3. The number of hydrogen-bond acceptors (Lipinski definition) is 3. The fourth-order valence-electron chi connectivity index (χ4n) is 4.74. The predicted octanol–water partition coefficient (Wildman–Crippen LogP) is 4.40. The van der Waals surface area contributed by atoms with E-state index in [-0.39, 0.29) is 23.8 Å². The van der Waals surface area contributed by atoms with E-state index in [1.807, 2.05) is 35.2 Å². The van der Waals surface area contributed by atoms with Crippen LogP contribution < -0.4 is 4.72 Å². The lowest BCUT2D eigenvalue weighted by Gasteiger charge is -2.32. The van der Waals surface area contributed by atoms with E-state index in [1.165, 1.54) is 10.9 Å². The summed E-state index contributed by atoms with van der Waals surface area (Å²) in [5.41, 5.74) is 2.46. The zero-order valence-electron chi connectivity index (χ0n) is 18.3. The number of hydrogen-bond donors (Lipinski definition) is 2. The first-order chi connectivity index (χ1) is 16.0. The molecule has 3 aromatic carbocycles. The third kappa shape index (κ3) is 4.51. The quantitative estimate of drug-likeness (QED) is 0.447. The van der Waals surface area contributed by atoms with Gasteiger partial charge in [-0.1, -0.05) is 48.5 Å². The van der Waals surface area contributed by atoms with E-state index in [1.54, 1.807) is 18.2 Å². The van der Waals surface area contributed by atoms with Gasteiger partial charge in [-0.05, 0) is 53.3 Å². The average molecular weight is 462 g/mol. The van der Waals surface area contributed by atoms with Crippen molar-refractivity contribution in [3.63, 3.8) is 0 Å². The third-order valence-electron chi connectivity index (χ3n) is 6.57. The van der Waals surface area contributed by atoms with Crippen molar-refractivity contribution in [1.29, 1.82) is 0 Å². The minimum absolute atomic E-state index is 0.00594. The van der Waals surface area contributed by atoms with Crippen LogP contribution in [0.3, 0.4) is 0 Å². The van der Waals surface area contributed by atoms with E-state index in [4.69, 9.17) is 0 Å². The molecule has 1 aliphatic rings. The SMILES string of the molecule is O=C(CCNS(=O)(=O)c1ccc2ccccc2c1)N1CCC(c2c[nH]c3ccccc23)CC1. The Kier molecular flexibility index (Phi) is 5.91. The van der Waals surface area contributed by atoms with Gasteiger partial charge < -0.3 is 9.88 Å². The minimum atomic E-state index is -3.66. The molecule has 0 unspecified atom stereocenters. The molecule has 1 amide bonds. The van der Waals surface area contributed by atoms with Crippen molar-refractivity contribution < 1.29 is 13.2 Å². The van der Waals surface area contributed by atoms with Gasteiger partial charge in [0.15, 0.2) is 0 Å². The number of piperidine rings is 1. The van der Waals surface area contributed by atoms with Crippen LogP contribution in [0.1, 0.15) is 30.7 Å². The topological polar surface area (TPSA) is 82.3 Å². The Balaban J connectivity index is 1.14. The van der Waals surface area contributed by atoms with Gasteiger partial charge in [0.25, 0.3) is 0 Å². The number of sulfonamides is 1. The van der Waals surface area contributed by atoms with Crippen molar-refractivity contribution in [3.8, 4) is 0 Å². The Hall–Kier alpha value is -3.16. The molecule has 0 aliphatic carbocycles. The molecule has 0 saturated carbocycles. The van der Waals surface area contributed by atoms with Crippen molar-refractivity contribution in [3.05, 3.63) is 78.5 Å². The first-order valence-corrected chi connectivity index (χ1v) is 12.8. The molecule has 0 radical (unpaired) electrons. The molecule has 1 aliphatic heterocycles. The maximum atomic E-state index is 12.7. The fourth-order valence-corrected chi connectivity index (χ4v) is 5.81. The summed E-state index contributed by atoms with van der Waals surface area (Å²) in [4.78, 5) is 18.1. The molecule has 33 heavy (non-hydrogen) atoms. The van der Waals surface area contributed by atoms with Crippen LogP contribution in [0.15, 0.2) is 77.8 Å². The molecule has 6 nitrogen and oxygen atoms in total. The predicted molar refractivity (Wildman–Crippen MR) is 131 cm³/mol.